The van der Waals surface area contributed by atoms with Gasteiger partial charge < -0.3 is 10.1 Å². The molecule has 0 saturated heterocycles. The van der Waals surface area contributed by atoms with Crippen molar-refractivity contribution in [2.75, 3.05) is 14.2 Å². The van der Waals surface area contributed by atoms with Crippen molar-refractivity contribution in [1.82, 2.24) is 5.32 Å². The fourth-order valence-corrected chi connectivity index (χ4v) is 3.07. The van der Waals surface area contributed by atoms with E-state index < -0.39 is 0 Å². The van der Waals surface area contributed by atoms with Crippen LogP contribution in [0.5, 0.6) is 5.75 Å². The van der Waals surface area contributed by atoms with Crippen molar-refractivity contribution >= 4 is 31.9 Å². The Morgan fingerprint density at radius 3 is 2.50 bits per heavy atom. The van der Waals surface area contributed by atoms with Crippen molar-refractivity contribution in [2.24, 2.45) is 0 Å². The van der Waals surface area contributed by atoms with E-state index in [0.29, 0.717) is 0 Å². The monoisotopic (exact) mass is 397 g/mol. The predicted molar refractivity (Wildman–Crippen MR) is 90.3 cm³/mol. The van der Waals surface area contributed by atoms with Gasteiger partial charge in [0.25, 0.3) is 0 Å². The summed E-state index contributed by atoms with van der Waals surface area (Å²) in [6.45, 7) is 0. The molecule has 1 N–H and O–H groups in total. The summed E-state index contributed by atoms with van der Waals surface area (Å²) in [4.78, 5) is 0. The van der Waals surface area contributed by atoms with Gasteiger partial charge in [0.15, 0.2) is 0 Å². The van der Waals surface area contributed by atoms with Crippen LogP contribution in [0.15, 0.2) is 51.4 Å². The van der Waals surface area contributed by atoms with Gasteiger partial charge in [-0.15, -0.1) is 0 Å². The summed E-state index contributed by atoms with van der Waals surface area (Å²) < 4.78 is 7.64. The maximum absolute atomic E-state index is 5.47. The van der Waals surface area contributed by atoms with E-state index in [1.165, 1.54) is 5.56 Å². The average molecular weight is 399 g/mol. The Kier molecular flexibility index (Phi) is 5.64. The molecule has 0 spiro atoms. The lowest BCUT2D eigenvalue weighted by atomic mass is 9.98. The molecule has 0 heterocycles. The van der Waals surface area contributed by atoms with Gasteiger partial charge in [0.05, 0.1) is 7.11 Å². The first-order chi connectivity index (χ1) is 9.63. The van der Waals surface area contributed by atoms with Gasteiger partial charge in [-0.2, -0.15) is 0 Å². The van der Waals surface area contributed by atoms with Gasteiger partial charge in [-0.05, 0) is 49.4 Å². The second kappa shape index (κ2) is 7.25. The van der Waals surface area contributed by atoms with E-state index in [4.69, 9.17) is 4.74 Å². The van der Waals surface area contributed by atoms with Gasteiger partial charge in [-0.25, -0.2) is 0 Å². The van der Waals surface area contributed by atoms with Crippen molar-refractivity contribution in [3.05, 3.63) is 62.5 Å². The Morgan fingerprint density at radius 1 is 1.10 bits per heavy atom. The summed E-state index contributed by atoms with van der Waals surface area (Å²) in [5, 5.41) is 3.37. The zero-order valence-electron chi connectivity index (χ0n) is 11.5. The molecule has 1 atom stereocenters. The fraction of sp³-hybridized carbons (Fsp3) is 0.250. The molecule has 2 nitrogen and oxygen atoms in total. The summed E-state index contributed by atoms with van der Waals surface area (Å²) in [5.74, 6) is 0.905. The van der Waals surface area contributed by atoms with E-state index in [2.05, 4.69) is 61.4 Å². The molecule has 1 unspecified atom stereocenters. The van der Waals surface area contributed by atoms with Crippen LogP contribution in [-0.2, 0) is 6.42 Å². The first-order valence-electron chi connectivity index (χ1n) is 6.39. The molecule has 20 heavy (non-hydrogen) atoms. The van der Waals surface area contributed by atoms with Crippen molar-refractivity contribution in [1.29, 1.82) is 0 Å². The number of hydrogen-bond donors (Lipinski definition) is 1. The summed E-state index contributed by atoms with van der Waals surface area (Å²) in [5.41, 5.74) is 2.44. The smallest absolute Gasteiger partial charge is 0.123 e. The average Bonchev–Trinajstić information content (AvgIpc) is 2.45. The minimum absolute atomic E-state index is 0.205. The number of halogens is 2. The lowest BCUT2D eigenvalue weighted by Gasteiger charge is -2.20. The van der Waals surface area contributed by atoms with Crippen molar-refractivity contribution in [3.63, 3.8) is 0 Å². The molecule has 106 valence electrons. The van der Waals surface area contributed by atoms with Crippen molar-refractivity contribution in [3.8, 4) is 5.75 Å². The molecule has 0 aliphatic rings. The van der Waals surface area contributed by atoms with Gasteiger partial charge in [0.1, 0.15) is 5.75 Å². The SMILES string of the molecule is CNC(Cc1cccc(Br)c1)c1cc(Br)ccc1OC. The van der Waals surface area contributed by atoms with E-state index in [-0.39, 0.29) is 6.04 Å². The lowest BCUT2D eigenvalue weighted by Crippen LogP contribution is -2.19. The molecule has 0 bridgehead atoms. The highest BCUT2D eigenvalue weighted by atomic mass is 79.9. The lowest BCUT2D eigenvalue weighted by molar-refractivity contribution is 0.401. The van der Waals surface area contributed by atoms with Crippen LogP contribution in [0.1, 0.15) is 17.2 Å². The number of methoxy groups -OCH3 is 1. The molecule has 0 aliphatic carbocycles. The Bertz CT molecular complexity index is 586. The second-order valence-corrected chi connectivity index (χ2v) is 6.39. The van der Waals surface area contributed by atoms with Crippen LogP contribution in [0.25, 0.3) is 0 Å². The number of benzene rings is 2. The summed E-state index contributed by atoms with van der Waals surface area (Å²) >= 11 is 7.05. The van der Waals surface area contributed by atoms with Crippen LogP contribution < -0.4 is 10.1 Å². The Labute approximate surface area is 136 Å². The number of rotatable bonds is 5. The van der Waals surface area contributed by atoms with Gasteiger partial charge >= 0.3 is 0 Å². The molecule has 0 saturated carbocycles. The van der Waals surface area contributed by atoms with Crippen LogP contribution in [0, 0.1) is 0 Å². The van der Waals surface area contributed by atoms with Gasteiger partial charge in [0, 0.05) is 20.6 Å². The zero-order valence-corrected chi connectivity index (χ0v) is 14.7. The molecule has 2 rings (SSSR count). The van der Waals surface area contributed by atoms with Crippen LogP contribution >= 0.6 is 31.9 Å². The molecule has 0 fully saturated rings. The highest BCUT2D eigenvalue weighted by molar-refractivity contribution is 9.10. The van der Waals surface area contributed by atoms with Crippen LogP contribution in [-0.4, -0.2) is 14.2 Å². The Balaban J connectivity index is 2.30. The maximum Gasteiger partial charge on any atom is 0.123 e. The first-order valence-corrected chi connectivity index (χ1v) is 7.97. The highest BCUT2D eigenvalue weighted by Gasteiger charge is 2.15. The van der Waals surface area contributed by atoms with Gasteiger partial charge in [0.2, 0.25) is 0 Å². The van der Waals surface area contributed by atoms with Gasteiger partial charge in [-0.3, -0.25) is 0 Å². The molecular formula is C16H17Br2NO. The predicted octanol–water partition coefficient (Wildman–Crippen LogP) is 4.72. The first kappa shape index (κ1) is 15.5. The van der Waals surface area contributed by atoms with Crippen molar-refractivity contribution in [2.45, 2.75) is 12.5 Å². The molecule has 2 aromatic carbocycles. The van der Waals surface area contributed by atoms with E-state index in [1.54, 1.807) is 7.11 Å². The third-order valence-corrected chi connectivity index (χ3v) is 4.23. The number of likely N-dealkylation sites (N-methyl/N-ethyl adjacent to an activating group) is 1. The standard InChI is InChI=1S/C16H17Br2NO/c1-19-15(9-11-4-3-5-12(17)8-11)14-10-13(18)6-7-16(14)20-2/h3-8,10,15,19H,9H2,1-2H3. The fourth-order valence-electron chi connectivity index (χ4n) is 2.24. The summed E-state index contributed by atoms with van der Waals surface area (Å²) in [7, 11) is 3.68. The van der Waals surface area contributed by atoms with Crippen LogP contribution in [0.4, 0.5) is 0 Å². The van der Waals surface area contributed by atoms with E-state index in [9.17, 15) is 0 Å². The zero-order chi connectivity index (χ0) is 14.5. The topological polar surface area (TPSA) is 21.3 Å². The van der Waals surface area contributed by atoms with Gasteiger partial charge in [-0.1, -0.05) is 44.0 Å². The molecule has 0 aromatic heterocycles. The van der Waals surface area contributed by atoms with Crippen LogP contribution in [0.3, 0.4) is 0 Å². The molecule has 0 amide bonds. The van der Waals surface area contributed by atoms with E-state index in [0.717, 1.165) is 26.7 Å². The molecule has 0 aliphatic heterocycles. The summed E-state index contributed by atoms with van der Waals surface area (Å²) in [6.07, 6.45) is 0.906. The number of nitrogens with one attached hydrogen (secondary N) is 1. The summed E-state index contributed by atoms with van der Waals surface area (Å²) in [6, 6.07) is 14.7. The quantitative estimate of drug-likeness (QED) is 0.786. The maximum atomic E-state index is 5.47. The molecule has 2 aromatic rings. The number of hydrogen-bond acceptors (Lipinski definition) is 2. The minimum atomic E-state index is 0.205. The third-order valence-electron chi connectivity index (χ3n) is 3.24. The minimum Gasteiger partial charge on any atom is -0.496 e. The molecule has 0 radical (unpaired) electrons. The molecule has 4 heteroatoms. The Hall–Kier alpha value is -0.840. The van der Waals surface area contributed by atoms with E-state index in [1.807, 2.05) is 25.2 Å². The third kappa shape index (κ3) is 3.84. The normalized spacial score (nSPS) is 12.2. The highest BCUT2D eigenvalue weighted by Crippen LogP contribution is 2.30. The second-order valence-electron chi connectivity index (χ2n) is 4.56. The number of ether oxygens (including phenoxy) is 1. The van der Waals surface area contributed by atoms with E-state index >= 15 is 0 Å². The van der Waals surface area contributed by atoms with Crippen LogP contribution in [0.2, 0.25) is 0 Å². The molecular weight excluding hydrogens is 382 g/mol. The van der Waals surface area contributed by atoms with Crippen molar-refractivity contribution < 1.29 is 4.74 Å². The largest absolute Gasteiger partial charge is 0.496 e. The Morgan fingerprint density at radius 2 is 1.85 bits per heavy atom.